The number of rotatable bonds is 2. The van der Waals surface area contributed by atoms with E-state index in [0.717, 1.165) is 17.1 Å². The smallest absolute Gasteiger partial charge is 0.231 e. The van der Waals surface area contributed by atoms with Crippen LogP contribution in [0.25, 0.3) is 0 Å². The maximum absolute atomic E-state index is 5.70. The molecule has 2 aliphatic heterocycles. The Labute approximate surface area is 98.0 Å². The molecule has 0 N–H and O–H groups in total. The fourth-order valence-electron chi connectivity index (χ4n) is 1.76. The van der Waals surface area contributed by atoms with E-state index in [1.807, 2.05) is 18.2 Å². The van der Waals surface area contributed by atoms with Crippen LogP contribution in [0, 0.1) is 0 Å². The van der Waals surface area contributed by atoms with Crippen molar-refractivity contribution in [2.45, 2.75) is 12.4 Å². The van der Waals surface area contributed by atoms with Crippen LogP contribution >= 0.6 is 11.6 Å². The molecular weight excluding hydrogens is 232 g/mol. The lowest BCUT2D eigenvalue weighted by Gasteiger charge is -2.10. The molecule has 16 heavy (non-hydrogen) atoms. The molecule has 1 aromatic rings. The predicted molar refractivity (Wildman–Crippen MR) is 56.9 cm³/mol. The topological polar surface area (TPSA) is 36.9 Å². The van der Waals surface area contributed by atoms with Crippen LogP contribution in [0.5, 0.6) is 11.5 Å². The number of benzene rings is 1. The van der Waals surface area contributed by atoms with Crippen molar-refractivity contribution in [2.24, 2.45) is 0 Å². The molecule has 1 aromatic carbocycles. The third-order valence-corrected chi connectivity index (χ3v) is 2.93. The zero-order chi connectivity index (χ0) is 11.0. The van der Waals surface area contributed by atoms with Crippen molar-refractivity contribution in [1.82, 2.24) is 0 Å². The summed E-state index contributed by atoms with van der Waals surface area (Å²) in [6, 6.07) is 5.65. The van der Waals surface area contributed by atoms with E-state index < -0.39 is 0 Å². The monoisotopic (exact) mass is 242 g/mol. The summed E-state index contributed by atoms with van der Waals surface area (Å²) in [7, 11) is 0. The highest BCUT2D eigenvalue weighted by Gasteiger charge is 2.28. The van der Waals surface area contributed by atoms with E-state index in [4.69, 9.17) is 30.5 Å². The SMILES string of the molecule is ClC[C@H]1CO[C@@H](c2ccc3c(c2)OCO3)O1. The zero-order valence-corrected chi connectivity index (χ0v) is 9.27. The number of halogens is 1. The van der Waals surface area contributed by atoms with Crippen LogP contribution in [-0.4, -0.2) is 25.4 Å². The number of hydrogen-bond acceptors (Lipinski definition) is 4. The molecule has 86 valence electrons. The second kappa shape index (κ2) is 4.13. The summed E-state index contributed by atoms with van der Waals surface area (Å²) in [5.74, 6) is 1.94. The van der Waals surface area contributed by atoms with Crippen molar-refractivity contribution in [3.05, 3.63) is 23.8 Å². The molecule has 0 unspecified atom stereocenters. The third kappa shape index (κ3) is 1.73. The fraction of sp³-hybridized carbons (Fsp3) is 0.455. The van der Waals surface area contributed by atoms with Gasteiger partial charge in [0, 0.05) is 5.56 Å². The van der Waals surface area contributed by atoms with E-state index in [1.54, 1.807) is 0 Å². The first-order chi connectivity index (χ1) is 7.86. The summed E-state index contributed by atoms with van der Waals surface area (Å²) < 4.78 is 21.6. The van der Waals surface area contributed by atoms with Gasteiger partial charge in [-0.1, -0.05) is 0 Å². The van der Waals surface area contributed by atoms with Crippen molar-refractivity contribution in [2.75, 3.05) is 19.3 Å². The number of ether oxygens (including phenoxy) is 4. The van der Waals surface area contributed by atoms with Gasteiger partial charge in [0.25, 0.3) is 0 Å². The second-order valence-electron chi connectivity index (χ2n) is 3.69. The van der Waals surface area contributed by atoms with Crippen molar-refractivity contribution >= 4 is 11.6 Å². The molecule has 1 fully saturated rings. The molecule has 4 nitrogen and oxygen atoms in total. The Morgan fingerprint density at radius 1 is 1.25 bits per heavy atom. The van der Waals surface area contributed by atoms with Gasteiger partial charge in [0.05, 0.1) is 18.6 Å². The highest BCUT2D eigenvalue weighted by molar-refractivity contribution is 6.18. The Bertz CT molecular complexity index is 396. The van der Waals surface area contributed by atoms with Crippen LogP contribution in [0.1, 0.15) is 11.9 Å². The average molecular weight is 243 g/mol. The van der Waals surface area contributed by atoms with Gasteiger partial charge in [0.1, 0.15) is 0 Å². The summed E-state index contributed by atoms with van der Waals surface area (Å²) in [6.45, 7) is 0.804. The molecule has 0 spiro atoms. The van der Waals surface area contributed by atoms with Gasteiger partial charge in [0.15, 0.2) is 17.8 Å². The molecule has 0 bridgehead atoms. The summed E-state index contributed by atoms with van der Waals surface area (Å²) in [4.78, 5) is 0. The Morgan fingerprint density at radius 2 is 2.12 bits per heavy atom. The minimum absolute atomic E-state index is 0.0305. The minimum Gasteiger partial charge on any atom is -0.454 e. The van der Waals surface area contributed by atoms with E-state index in [9.17, 15) is 0 Å². The minimum atomic E-state index is -0.349. The molecule has 0 radical (unpaired) electrons. The molecule has 3 rings (SSSR count). The van der Waals surface area contributed by atoms with Gasteiger partial charge in [-0.25, -0.2) is 0 Å². The normalized spacial score (nSPS) is 27.3. The third-order valence-electron chi connectivity index (χ3n) is 2.59. The van der Waals surface area contributed by atoms with Crippen LogP contribution in [0.4, 0.5) is 0 Å². The van der Waals surface area contributed by atoms with Crippen molar-refractivity contribution in [1.29, 1.82) is 0 Å². The van der Waals surface area contributed by atoms with Crippen LogP contribution in [0.3, 0.4) is 0 Å². The lowest BCUT2D eigenvalue weighted by Crippen LogP contribution is -2.10. The fourth-order valence-corrected chi connectivity index (χ4v) is 1.93. The van der Waals surface area contributed by atoms with E-state index in [0.29, 0.717) is 12.5 Å². The van der Waals surface area contributed by atoms with Gasteiger partial charge >= 0.3 is 0 Å². The number of hydrogen-bond donors (Lipinski definition) is 0. The van der Waals surface area contributed by atoms with E-state index >= 15 is 0 Å². The Morgan fingerprint density at radius 3 is 2.94 bits per heavy atom. The Balaban J connectivity index is 1.80. The van der Waals surface area contributed by atoms with E-state index in [1.165, 1.54) is 0 Å². The van der Waals surface area contributed by atoms with Gasteiger partial charge in [-0.05, 0) is 18.2 Å². The van der Waals surface area contributed by atoms with Crippen molar-refractivity contribution in [3.8, 4) is 11.5 Å². The summed E-state index contributed by atoms with van der Waals surface area (Å²) in [5.41, 5.74) is 0.928. The highest BCUT2D eigenvalue weighted by atomic mass is 35.5. The Hall–Kier alpha value is -0.970. The van der Waals surface area contributed by atoms with E-state index in [-0.39, 0.29) is 19.2 Å². The molecule has 2 atom stereocenters. The quantitative estimate of drug-likeness (QED) is 0.744. The molecular formula is C11H11ClO4. The molecule has 2 heterocycles. The highest BCUT2D eigenvalue weighted by Crippen LogP contribution is 2.36. The number of alkyl halides is 1. The average Bonchev–Trinajstić information content (AvgIpc) is 2.96. The number of fused-ring (bicyclic) bond motifs is 1. The molecule has 2 aliphatic rings. The Kier molecular flexibility index (Phi) is 2.63. The molecule has 0 saturated carbocycles. The van der Waals surface area contributed by atoms with Crippen LogP contribution in [-0.2, 0) is 9.47 Å². The summed E-state index contributed by atoms with van der Waals surface area (Å²) >= 11 is 5.70. The van der Waals surface area contributed by atoms with Gasteiger partial charge < -0.3 is 18.9 Å². The molecule has 0 amide bonds. The first-order valence-electron chi connectivity index (χ1n) is 5.09. The first kappa shape index (κ1) is 10.2. The largest absolute Gasteiger partial charge is 0.454 e. The zero-order valence-electron chi connectivity index (χ0n) is 8.52. The van der Waals surface area contributed by atoms with Gasteiger partial charge in [-0.2, -0.15) is 0 Å². The lowest BCUT2D eigenvalue weighted by molar-refractivity contribution is -0.0567. The molecule has 0 aliphatic carbocycles. The standard InChI is InChI=1S/C11H11ClO4/c12-4-8-5-13-11(16-8)7-1-2-9-10(3-7)15-6-14-9/h1-3,8,11H,4-6H2/t8-,11+/m0/s1. The summed E-state index contributed by atoms with van der Waals surface area (Å²) in [5, 5.41) is 0. The van der Waals surface area contributed by atoms with Crippen LogP contribution < -0.4 is 9.47 Å². The van der Waals surface area contributed by atoms with Crippen molar-refractivity contribution < 1.29 is 18.9 Å². The van der Waals surface area contributed by atoms with Gasteiger partial charge in [-0.15, -0.1) is 11.6 Å². The van der Waals surface area contributed by atoms with Gasteiger partial charge in [0.2, 0.25) is 6.79 Å². The van der Waals surface area contributed by atoms with Crippen molar-refractivity contribution in [3.63, 3.8) is 0 Å². The first-order valence-corrected chi connectivity index (χ1v) is 5.63. The van der Waals surface area contributed by atoms with Crippen LogP contribution in [0.2, 0.25) is 0 Å². The second-order valence-corrected chi connectivity index (χ2v) is 4.00. The van der Waals surface area contributed by atoms with Gasteiger partial charge in [-0.3, -0.25) is 0 Å². The molecule has 0 aromatic heterocycles. The maximum atomic E-state index is 5.70. The molecule has 5 heteroatoms. The molecule has 1 saturated heterocycles. The maximum Gasteiger partial charge on any atom is 0.231 e. The van der Waals surface area contributed by atoms with E-state index in [2.05, 4.69) is 0 Å². The van der Waals surface area contributed by atoms with Crippen LogP contribution in [0.15, 0.2) is 18.2 Å². The lowest BCUT2D eigenvalue weighted by atomic mass is 10.2. The predicted octanol–water partition coefficient (Wildman–Crippen LogP) is 2.07. The summed E-state index contributed by atoms with van der Waals surface area (Å²) in [6.07, 6.45) is -0.379.